The van der Waals surface area contributed by atoms with Crippen molar-refractivity contribution in [1.29, 1.82) is 0 Å². The predicted molar refractivity (Wildman–Crippen MR) is 189 cm³/mol. The average molecular weight is 690 g/mol. The van der Waals surface area contributed by atoms with Crippen molar-refractivity contribution in [2.45, 2.75) is 167 Å². The van der Waals surface area contributed by atoms with E-state index in [0.717, 1.165) is 51.4 Å². The second-order valence-electron chi connectivity index (χ2n) is 12.4. The molecule has 4 N–H and O–H groups in total. The summed E-state index contributed by atoms with van der Waals surface area (Å²) in [6.45, 7) is 3.79. The van der Waals surface area contributed by atoms with Crippen LogP contribution in [0.2, 0.25) is 0 Å². The van der Waals surface area contributed by atoms with Gasteiger partial charge in [0.05, 0.1) is 19.8 Å². The van der Waals surface area contributed by atoms with Gasteiger partial charge in [-0.3, -0.25) is 18.6 Å². The van der Waals surface area contributed by atoms with E-state index in [1.807, 2.05) is 0 Å². The third-order valence-electron chi connectivity index (χ3n) is 7.73. The number of carbonyl (C=O) groups is 2. The third kappa shape index (κ3) is 32.8. The first-order valence-electron chi connectivity index (χ1n) is 18.4. The maximum absolute atomic E-state index is 12.5. The Kier molecular flexibility index (Phi) is 31.9. The number of hydrogen-bond donors (Lipinski definition) is 3. The molecule has 47 heavy (non-hydrogen) atoms. The number of rotatable bonds is 35. The SMILES string of the molecule is CCCCC/C=C\C/C=C\CCCCCCCCOCC(COP(=O)(O)OCC(N)C(=O)O)OC(=O)CCCCCCCCCCC. The van der Waals surface area contributed by atoms with Gasteiger partial charge in [-0.15, -0.1) is 0 Å². The molecule has 0 radical (unpaired) electrons. The van der Waals surface area contributed by atoms with Crippen molar-refractivity contribution in [2.75, 3.05) is 26.4 Å². The lowest BCUT2D eigenvalue weighted by Gasteiger charge is -2.20. The minimum Gasteiger partial charge on any atom is -0.480 e. The van der Waals surface area contributed by atoms with Crippen LogP contribution in [-0.2, 0) is 32.7 Å². The maximum Gasteiger partial charge on any atom is 0.472 e. The summed E-state index contributed by atoms with van der Waals surface area (Å²) in [5.74, 6) is -1.79. The van der Waals surface area contributed by atoms with Crippen LogP contribution < -0.4 is 5.73 Å². The van der Waals surface area contributed by atoms with Crippen molar-refractivity contribution in [2.24, 2.45) is 5.73 Å². The van der Waals surface area contributed by atoms with E-state index in [0.29, 0.717) is 13.0 Å². The molecule has 0 fully saturated rings. The number of aliphatic carboxylic acids is 1. The molecule has 10 nitrogen and oxygen atoms in total. The van der Waals surface area contributed by atoms with Crippen molar-refractivity contribution < 1.29 is 42.7 Å². The normalized spacial score (nSPS) is 14.5. The zero-order chi connectivity index (χ0) is 34.9. The van der Waals surface area contributed by atoms with Gasteiger partial charge in [-0.2, -0.15) is 0 Å². The van der Waals surface area contributed by atoms with Gasteiger partial charge < -0.3 is 25.2 Å². The van der Waals surface area contributed by atoms with E-state index in [9.17, 15) is 19.0 Å². The number of hydrogen-bond acceptors (Lipinski definition) is 8. The molecule has 0 saturated carbocycles. The number of carboxylic acid groups (broad SMARTS) is 1. The zero-order valence-corrected chi connectivity index (χ0v) is 30.5. The van der Waals surface area contributed by atoms with Crippen LogP contribution in [0.1, 0.15) is 155 Å². The van der Waals surface area contributed by atoms with E-state index >= 15 is 0 Å². The van der Waals surface area contributed by atoms with Crippen LogP contribution in [0.3, 0.4) is 0 Å². The topological polar surface area (TPSA) is 155 Å². The molecule has 0 aliphatic carbocycles. The summed E-state index contributed by atoms with van der Waals surface area (Å²) in [7, 11) is -4.60. The summed E-state index contributed by atoms with van der Waals surface area (Å²) in [5.41, 5.74) is 5.32. The number of carbonyl (C=O) groups excluding carboxylic acids is 1. The van der Waals surface area contributed by atoms with Crippen LogP contribution in [0.5, 0.6) is 0 Å². The number of phosphoric ester groups is 1. The Balaban J connectivity index is 4.29. The number of unbranched alkanes of at least 4 members (excludes halogenated alkanes) is 17. The van der Waals surface area contributed by atoms with Gasteiger partial charge in [0.25, 0.3) is 0 Å². The predicted octanol–water partition coefficient (Wildman–Crippen LogP) is 9.19. The molecule has 11 heteroatoms. The van der Waals surface area contributed by atoms with E-state index in [1.54, 1.807) is 0 Å². The van der Waals surface area contributed by atoms with Crippen molar-refractivity contribution in [1.82, 2.24) is 0 Å². The summed E-state index contributed by atoms with van der Waals surface area (Å²) in [4.78, 5) is 33.3. The highest BCUT2D eigenvalue weighted by Crippen LogP contribution is 2.43. The lowest BCUT2D eigenvalue weighted by atomic mass is 10.1. The van der Waals surface area contributed by atoms with Crippen LogP contribution in [-0.4, -0.2) is 60.5 Å². The molecular weight excluding hydrogens is 621 g/mol. The molecule has 0 rings (SSSR count). The molecule has 0 aliphatic heterocycles. The second kappa shape index (κ2) is 33.0. The van der Waals surface area contributed by atoms with Gasteiger partial charge in [0.15, 0.2) is 0 Å². The fourth-order valence-electron chi connectivity index (χ4n) is 4.81. The number of nitrogens with two attached hydrogens (primary N) is 1. The Bertz CT molecular complexity index is 852. The van der Waals surface area contributed by atoms with Crippen LogP contribution >= 0.6 is 7.82 Å². The molecule has 276 valence electrons. The fourth-order valence-corrected chi connectivity index (χ4v) is 5.59. The molecule has 0 aromatic rings. The molecule has 0 aromatic carbocycles. The molecule has 3 unspecified atom stereocenters. The van der Waals surface area contributed by atoms with Gasteiger partial charge in [-0.05, 0) is 44.9 Å². The lowest BCUT2D eigenvalue weighted by Crippen LogP contribution is -2.34. The minimum absolute atomic E-state index is 0.0123. The van der Waals surface area contributed by atoms with Gasteiger partial charge in [0.2, 0.25) is 0 Å². The monoisotopic (exact) mass is 689 g/mol. The van der Waals surface area contributed by atoms with Crippen LogP contribution in [0, 0.1) is 0 Å². The Morgan fingerprint density at radius 1 is 0.681 bits per heavy atom. The number of ether oxygens (including phenoxy) is 2. The van der Waals surface area contributed by atoms with Gasteiger partial charge in [-0.1, -0.05) is 128 Å². The molecule has 0 saturated heterocycles. The summed E-state index contributed by atoms with van der Waals surface area (Å²) in [5, 5.41) is 8.84. The molecule has 3 atom stereocenters. The maximum atomic E-state index is 12.5. The second-order valence-corrected chi connectivity index (χ2v) is 13.8. The van der Waals surface area contributed by atoms with Crippen molar-refractivity contribution >= 4 is 19.8 Å². The smallest absolute Gasteiger partial charge is 0.472 e. The molecule has 0 aromatic heterocycles. The first kappa shape index (κ1) is 45.5. The largest absolute Gasteiger partial charge is 0.480 e. The van der Waals surface area contributed by atoms with E-state index in [4.69, 9.17) is 24.8 Å². The molecular formula is C36H68NO9P. The highest BCUT2D eigenvalue weighted by atomic mass is 31.2. The van der Waals surface area contributed by atoms with Crippen LogP contribution in [0.4, 0.5) is 0 Å². The number of esters is 1. The lowest BCUT2D eigenvalue weighted by molar-refractivity contribution is -0.154. The van der Waals surface area contributed by atoms with Crippen molar-refractivity contribution in [3.05, 3.63) is 24.3 Å². The molecule has 0 spiro atoms. The van der Waals surface area contributed by atoms with E-state index in [2.05, 4.69) is 42.7 Å². The number of phosphoric acid groups is 1. The van der Waals surface area contributed by atoms with Crippen LogP contribution in [0.15, 0.2) is 24.3 Å². The standard InChI is InChI=1S/C36H68NO9P/c1-3-5-7-9-11-13-14-15-16-17-18-19-21-23-25-27-29-43-30-33(31-44-47(41,42)45-32-34(37)36(39)40)46-35(38)28-26-24-22-20-12-10-8-6-4-2/h11,13,15-16,33-34H,3-10,12,14,17-32,37H2,1-2H3,(H,39,40)(H,41,42)/b13-11-,16-15-. The molecule has 0 bridgehead atoms. The first-order chi connectivity index (χ1) is 22.7. The quantitative estimate of drug-likeness (QED) is 0.0254. The highest BCUT2D eigenvalue weighted by molar-refractivity contribution is 7.47. The van der Waals surface area contributed by atoms with Crippen LogP contribution in [0.25, 0.3) is 0 Å². The zero-order valence-electron chi connectivity index (χ0n) is 29.6. The van der Waals surface area contributed by atoms with E-state index in [-0.39, 0.29) is 13.0 Å². The van der Waals surface area contributed by atoms with Gasteiger partial charge in [-0.25, -0.2) is 4.57 Å². The molecule has 0 amide bonds. The molecule has 0 heterocycles. The number of carboxylic acids is 1. The Labute approximate surface area is 285 Å². The van der Waals surface area contributed by atoms with Gasteiger partial charge >= 0.3 is 19.8 Å². The highest BCUT2D eigenvalue weighted by Gasteiger charge is 2.27. The first-order valence-corrected chi connectivity index (χ1v) is 19.9. The summed E-state index contributed by atoms with van der Waals surface area (Å²) in [6, 6.07) is -1.47. The van der Waals surface area contributed by atoms with Crippen molar-refractivity contribution in [3.63, 3.8) is 0 Å². The Morgan fingerprint density at radius 3 is 1.77 bits per heavy atom. The van der Waals surface area contributed by atoms with E-state index < -0.39 is 45.1 Å². The molecule has 0 aliphatic rings. The summed E-state index contributed by atoms with van der Waals surface area (Å²) < 4.78 is 33.1. The summed E-state index contributed by atoms with van der Waals surface area (Å²) >= 11 is 0. The van der Waals surface area contributed by atoms with Crippen molar-refractivity contribution in [3.8, 4) is 0 Å². The average Bonchev–Trinajstić information content (AvgIpc) is 3.04. The summed E-state index contributed by atoms with van der Waals surface area (Å²) in [6.07, 6.45) is 32.4. The third-order valence-corrected chi connectivity index (χ3v) is 8.68. The number of allylic oxidation sites excluding steroid dienone is 4. The Hall–Kier alpha value is -1.55. The Morgan fingerprint density at radius 2 is 1.17 bits per heavy atom. The minimum atomic E-state index is -4.60. The van der Waals surface area contributed by atoms with Gasteiger partial charge in [0.1, 0.15) is 12.1 Å². The fraction of sp³-hybridized carbons (Fsp3) is 0.833. The van der Waals surface area contributed by atoms with E-state index in [1.165, 1.54) is 77.0 Å². The van der Waals surface area contributed by atoms with Gasteiger partial charge in [0, 0.05) is 13.0 Å².